The van der Waals surface area contributed by atoms with Crippen molar-refractivity contribution < 1.29 is 18.8 Å². The van der Waals surface area contributed by atoms with Gasteiger partial charge in [-0.05, 0) is 114 Å². The van der Waals surface area contributed by atoms with Crippen molar-refractivity contribution in [2.75, 3.05) is 46.1 Å². The number of likely N-dealkylation sites (tertiary alicyclic amines) is 1. The number of carbonyl (C=O) groups is 3. The Kier molecular flexibility index (Phi) is 13.8. The molecule has 4 unspecified atom stereocenters. The summed E-state index contributed by atoms with van der Waals surface area (Å²) in [6.45, 7) is 8.05. The number of anilines is 1. The number of rotatable bonds is 17. The summed E-state index contributed by atoms with van der Waals surface area (Å²) in [5, 5.41) is 6.40. The van der Waals surface area contributed by atoms with Crippen LogP contribution in [0.5, 0.6) is 0 Å². The van der Waals surface area contributed by atoms with E-state index in [1.54, 1.807) is 11.1 Å². The van der Waals surface area contributed by atoms with E-state index in [1.807, 2.05) is 137 Å². The number of imidazole rings is 1. The molecule has 3 N–H and O–H groups in total. The lowest BCUT2D eigenvalue weighted by Crippen LogP contribution is -2.47. The summed E-state index contributed by atoms with van der Waals surface area (Å²) < 4.78 is 6.38. The number of amides is 3. The summed E-state index contributed by atoms with van der Waals surface area (Å²) in [6, 6.07) is 30.4. The van der Waals surface area contributed by atoms with E-state index < -0.39 is 6.04 Å². The lowest BCUT2D eigenvalue weighted by atomic mass is 9.93. The highest BCUT2D eigenvalue weighted by Crippen LogP contribution is 2.34. The van der Waals surface area contributed by atoms with Crippen LogP contribution in [0.1, 0.15) is 74.0 Å². The number of hydrogen-bond donors (Lipinski definition) is 3. The monoisotopic (exact) mass is 822 g/mol. The molecule has 0 saturated carbocycles. The first kappa shape index (κ1) is 43.0. The average Bonchev–Trinajstić information content (AvgIpc) is 4.05. The van der Waals surface area contributed by atoms with E-state index in [0.717, 1.165) is 58.2 Å². The molecule has 0 spiro atoms. The summed E-state index contributed by atoms with van der Waals surface area (Å²) >= 11 is 0. The first-order chi connectivity index (χ1) is 29.6. The van der Waals surface area contributed by atoms with Gasteiger partial charge in [0.2, 0.25) is 23.6 Å². The quantitative estimate of drug-likeness (QED) is 0.0842. The minimum absolute atomic E-state index is 0.00638. The van der Waals surface area contributed by atoms with E-state index in [4.69, 9.17) is 9.40 Å². The van der Waals surface area contributed by atoms with Crippen LogP contribution in [0.4, 0.5) is 5.69 Å². The molecule has 318 valence electrons. The molecule has 4 aromatic carbocycles. The fourth-order valence-electron chi connectivity index (χ4n) is 8.54. The molecule has 0 radical (unpaired) electrons. The zero-order valence-electron chi connectivity index (χ0n) is 36.2. The SMILES string of the molecule is CCC(CNC)N(C(=O)Cc1ccccc1)C(C)c1nc2ccc(-c3cnc(-c4cccc(NC(=O)C5CCCN5C(=O)C(CCN(C)C)c5ccccc5)c4C)o3)cc2[nH]1. The molecule has 1 saturated heterocycles. The number of H-pyrrole nitrogens is 1. The Balaban J connectivity index is 1.07. The van der Waals surface area contributed by atoms with E-state index in [9.17, 15) is 14.4 Å². The summed E-state index contributed by atoms with van der Waals surface area (Å²) in [4.78, 5) is 60.8. The van der Waals surface area contributed by atoms with Gasteiger partial charge in [-0.2, -0.15) is 0 Å². The van der Waals surface area contributed by atoms with Crippen LogP contribution < -0.4 is 10.6 Å². The molecule has 1 fully saturated rings. The largest absolute Gasteiger partial charge is 0.436 e. The molecule has 61 heavy (non-hydrogen) atoms. The normalized spacial score (nSPS) is 15.5. The minimum atomic E-state index is -0.561. The fourth-order valence-corrected chi connectivity index (χ4v) is 8.54. The zero-order chi connectivity index (χ0) is 43.0. The van der Waals surface area contributed by atoms with Crippen molar-refractivity contribution in [1.29, 1.82) is 0 Å². The molecule has 1 aliphatic heterocycles. The van der Waals surface area contributed by atoms with Gasteiger partial charge in [0.1, 0.15) is 11.9 Å². The van der Waals surface area contributed by atoms with E-state index in [-0.39, 0.29) is 35.7 Å². The highest BCUT2D eigenvalue weighted by Gasteiger charge is 2.38. The Morgan fingerprint density at radius 3 is 2.46 bits per heavy atom. The van der Waals surface area contributed by atoms with Crippen molar-refractivity contribution in [2.45, 2.75) is 76.9 Å². The van der Waals surface area contributed by atoms with Gasteiger partial charge in [0.05, 0.1) is 35.6 Å². The number of aromatic amines is 1. The van der Waals surface area contributed by atoms with Crippen LogP contribution in [0.3, 0.4) is 0 Å². The second-order valence-electron chi connectivity index (χ2n) is 16.4. The number of hydrogen-bond acceptors (Lipinski definition) is 8. The number of nitrogens with one attached hydrogen (secondary N) is 3. The molecule has 1 aliphatic rings. The van der Waals surface area contributed by atoms with Crippen LogP contribution in [0.15, 0.2) is 108 Å². The third kappa shape index (κ3) is 9.77. The first-order valence-corrected chi connectivity index (χ1v) is 21.4. The van der Waals surface area contributed by atoms with Crippen LogP contribution in [0, 0.1) is 6.92 Å². The second-order valence-corrected chi connectivity index (χ2v) is 16.4. The maximum Gasteiger partial charge on any atom is 0.247 e. The number of oxazole rings is 1. The van der Waals surface area contributed by atoms with E-state index >= 15 is 0 Å². The molecule has 3 heterocycles. The maximum absolute atomic E-state index is 14.1. The van der Waals surface area contributed by atoms with Crippen molar-refractivity contribution in [3.05, 3.63) is 126 Å². The third-order valence-electron chi connectivity index (χ3n) is 11.9. The molecular formula is C49H58N8O4. The predicted octanol–water partition coefficient (Wildman–Crippen LogP) is 7.99. The van der Waals surface area contributed by atoms with Crippen LogP contribution in [-0.2, 0) is 20.8 Å². The number of aromatic nitrogens is 3. The summed E-state index contributed by atoms with van der Waals surface area (Å²) in [6.07, 6.45) is 4.86. The fraction of sp³-hybridized carbons (Fsp3) is 0.367. The van der Waals surface area contributed by atoms with Gasteiger partial charge in [-0.15, -0.1) is 0 Å². The van der Waals surface area contributed by atoms with Gasteiger partial charge < -0.3 is 34.7 Å². The maximum atomic E-state index is 14.1. The summed E-state index contributed by atoms with van der Waals surface area (Å²) in [7, 11) is 5.92. The van der Waals surface area contributed by atoms with Crippen LogP contribution in [-0.4, -0.2) is 100 Å². The molecule has 3 amide bonds. The van der Waals surface area contributed by atoms with Gasteiger partial charge in [-0.1, -0.05) is 73.7 Å². The number of fused-ring (bicyclic) bond motifs is 1. The topological polar surface area (TPSA) is 140 Å². The molecule has 2 aromatic heterocycles. The average molecular weight is 823 g/mol. The van der Waals surface area contributed by atoms with Crippen LogP contribution in [0.2, 0.25) is 0 Å². The Morgan fingerprint density at radius 1 is 0.984 bits per heavy atom. The summed E-state index contributed by atoms with van der Waals surface area (Å²) in [5.74, 6) is 1.24. The van der Waals surface area contributed by atoms with E-state index in [2.05, 4.69) is 32.4 Å². The van der Waals surface area contributed by atoms with E-state index in [1.165, 1.54) is 0 Å². The lowest BCUT2D eigenvalue weighted by Gasteiger charge is -2.35. The van der Waals surface area contributed by atoms with Gasteiger partial charge in [-0.3, -0.25) is 14.4 Å². The summed E-state index contributed by atoms with van der Waals surface area (Å²) in [5.41, 5.74) is 6.58. The molecule has 4 atom stereocenters. The molecule has 7 rings (SSSR count). The zero-order valence-corrected chi connectivity index (χ0v) is 36.2. The molecule has 6 aromatic rings. The minimum Gasteiger partial charge on any atom is -0.436 e. The Labute approximate surface area is 358 Å². The molecule has 0 bridgehead atoms. The Morgan fingerprint density at radius 2 is 1.74 bits per heavy atom. The second kappa shape index (κ2) is 19.5. The Hall–Kier alpha value is -6.11. The van der Waals surface area contributed by atoms with Crippen molar-refractivity contribution in [2.24, 2.45) is 0 Å². The van der Waals surface area contributed by atoms with Gasteiger partial charge in [-0.25, -0.2) is 9.97 Å². The molecular weight excluding hydrogens is 765 g/mol. The van der Waals surface area contributed by atoms with E-state index in [0.29, 0.717) is 55.5 Å². The standard InChI is InChI=1S/C49H58N8O4/c1-7-37(30-50-4)57(45(58)28-34-16-10-8-11-17-34)33(3)46-52-41-24-23-36(29-42(41)53-46)44-31-51-48(61-44)38-20-14-21-40(32(38)2)54-47(59)43-22-15-26-56(43)49(60)39(25-27-55(5)6)35-18-12-9-13-19-35/h8-14,16-21,23-24,29,31,33,37,39,43,50H,7,15,22,25-28,30H2,1-6H3,(H,52,53)(H,54,59). The van der Waals surface area contributed by atoms with Gasteiger partial charge in [0, 0.05) is 35.9 Å². The number of likely N-dealkylation sites (N-methyl/N-ethyl adjacent to an activating group) is 1. The Bertz CT molecular complexity index is 2430. The highest BCUT2D eigenvalue weighted by molar-refractivity contribution is 5.99. The van der Waals surface area contributed by atoms with Crippen molar-refractivity contribution in [3.63, 3.8) is 0 Å². The molecule has 12 nitrogen and oxygen atoms in total. The van der Waals surface area contributed by atoms with Crippen molar-refractivity contribution in [3.8, 4) is 22.8 Å². The van der Waals surface area contributed by atoms with Gasteiger partial charge >= 0.3 is 0 Å². The third-order valence-corrected chi connectivity index (χ3v) is 11.9. The smallest absolute Gasteiger partial charge is 0.247 e. The van der Waals surface area contributed by atoms with Crippen LogP contribution in [0.25, 0.3) is 33.8 Å². The number of benzene rings is 4. The van der Waals surface area contributed by atoms with Crippen molar-refractivity contribution in [1.82, 2.24) is 35.0 Å². The predicted molar refractivity (Wildman–Crippen MR) is 241 cm³/mol. The number of carbonyl (C=O) groups excluding carboxylic acids is 3. The highest BCUT2D eigenvalue weighted by atomic mass is 16.4. The van der Waals surface area contributed by atoms with Crippen molar-refractivity contribution >= 4 is 34.4 Å². The first-order valence-electron chi connectivity index (χ1n) is 21.4. The van der Waals surface area contributed by atoms with Gasteiger partial charge in [0.25, 0.3) is 0 Å². The van der Waals surface area contributed by atoms with Gasteiger partial charge in [0.15, 0.2) is 5.76 Å². The molecule has 0 aliphatic carbocycles. The molecule has 12 heteroatoms. The number of nitrogens with zero attached hydrogens (tertiary/aromatic N) is 5. The van der Waals surface area contributed by atoms with Crippen LogP contribution >= 0.6 is 0 Å². The lowest BCUT2D eigenvalue weighted by molar-refractivity contribution is -0.138.